The molecular formula is C12H11Cl2N3O. The third-order valence-corrected chi connectivity index (χ3v) is 3.23. The van der Waals surface area contributed by atoms with Crippen molar-refractivity contribution < 1.29 is 4.79 Å². The third kappa shape index (κ3) is 2.66. The molecule has 2 rings (SSSR count). The molecule has 1 amide bonds. The molecule has 18 heavy (non-hydrogen) atoms. The van der Waals surface area contributed by atoms with Gasteiger partial charge in [0.2, 0.25) is 5.91 Å². The smallest absolute Gasteiger partial charge is 0.239 e. The van der Waals surface area contributed by atoms with Crippen LogP contribution in [-0.2, 0) is 11.3 Å². The van der Waals surface area contributed by atoms with E-state index in [1.807, 2.05) is 6.07 Å². The van der Waals surface area contributed by atoms with E-state index >= 15 is 0 Å². The number of carbonyl (C=O) groups is 1. The molecule has 0 atom stereocenters. The highest BCUT2D eigenvalue weighted by Crippen LogP contribution is 2.27. The van der Waals surface area contributed by atoms with Crippen molar-refractivity contribution in [1.82, 2.24) is 14.9 Å². The molecular weight excluding hydrogens is 273 g/mol. The lowest BCUT2D eigenvalue weighted by atomic mass is 10.2. The maximum absolute atomic E-state index is 11.4. The molecule has 6 heteroatoms. The number of imidazole rings is 1. The number of nitrogens with zero attached hydrogens (tertiary/aromatic N) is 2. The Morgan fingerprint density at radius 2 is 2.17 bits per heavy atom. The number of benzene rings is 1. The fraction of sp³-hybridized carbons (Fsp3) is 0.167. The molecule has 4 nitrogen and oxygen atoms in total. The number of halogens is 2. The Morgan fingerprint density at radius 1 is 1.39 bits per heavy atom. The van der Waals surface area contributed by atoms with Crippen molar-refractivity contribution in [3.63, 3.8) is 0 Å². The number of amides is 1. The fourth-order valence-electron chi connectivity index (χ4n) is 1.57. The number of nitrogens with one attached hydrogen (secondary N) is 1. The van der Waals surface area contributed by atoms with Crippen LogP contribution in [0.2, 0.25) is 10.0 Å². The average molecular weight is 284 g/mol. The van der Waals surface area contributed by atoms with Crippen molar-refractivity contribution in [3.8, 4) is 11.4 Å². The fourth-order valence-corrected chi connectivity index (χ4v) is 1.86. The minimum atomic E-state index is -0.0886. The third-order valence-electron chi connectivity index (χ3n) is 2.49. The first-order chi connectivity index (χ1) is 8.61. The first-order valence-corrected chi connectivity index (χ1v) is 6.04. The number of aromatic nitrogens is 2. The molecule has 0 spiro atoms. The molecule has 94 valence electrons. The van der Waals surface area contributed by atoms with E-state index in [0.717, 1.165) is 5.56 Å². The van der Waals surface area contributed by atoms with Gasteiger partial charge in [-0.3, -0.25) is 4.79 Å². The van der Waals surface area contributed by atoms with Gasteiger partial charge in [-0.15, -0.1) is 0 Å². The minimum absolute atomic E-state index is 0.0886. The monoisotopic (exact) mass is 283 g/mol. The number of hydrogen-bond acceptors (Lipinski definition) is 2. The summed E-state index contributed by atoms with van der Waals surface area (Å²) in [6.07, 6.45) is 3.38. The molecule has 0 unspecified atom stereocenters. The van der Waals surface area contributed by atoms with Gasteiger partial charge in [0.05, 0.1) is 10.0 Å². The van der Waals surface area contributed by atoms with Gasteiger partial charge >= 0.3 is 0 Å². The van der Waals surface area contributed by atoms with Crippen LogP contribution in [0.4, 0.5) is 0 Å². The highest BCUT2D eigenvalue weighted by atomic mass is 35.5. The Balaban J connectivity index is 2.36. The van der Waals surface area contributed by atoms with Gasteiger partial charge in [-0.05, 0) is 18.2 Å². The number of likely N-dealkylation sites (N-methyl/N-ethyl adjacent to an activating group) is 1. The normalized spacial score (nSPS) is 10.4. The van der Waals surface area contributed by atoms with E-state index in [1.54, 1.807) is 36.1 Å². The first kappa shape index (κ1) is 12.9. The standard InChI is InChI=1S/C12H11Cl2N3O/c1-15-11(18)7-17-5-4-16-12(17)8-2-3-9(13)10(14)6-8/h2-6H,7H2,1H3,(H,15,18). The van der Waals surface area contributed by atoms with Crippen molar-refractivity contribution in [2.45, 2.75) is 6.54 Å². The highest BCUT2D eigenvalue weighted by Gasteiger charge is 2.10. The Labute approximate surface area is 115 Å². The van der Waals surface area contributed by atoms with Gasteiger partial charge < -0.3 is 9.88 Å². The first-order valence-electron chi connectivity index (χ1n) is 5.29. The molecule has 0 bridgehead atoms. The number of rotatable bonds is 3. The van der Waals surface area contributed by atoms with Crippen LogP contribution < -0.4 is 5.32 Å². The Morgan fingerprint density at radius 3 is 2.83 bits per heavy atom. The molecule has 1 aromatic carbocycles. The molecule has 0 aliphatic carbocycles. The summed E-state index contributed by atoms with van der Waals surface area (Å²) in [7, 11) is 1.60. The second-order valence-corrected chi connectivity index (χ2v) is 4.50. The zero-order valence-corrected chi connectivity index (χ0v) is 11.2. The highest BCUT2D eigenvalue weighted by molar-refractivity contribution is 6.42. The minimum Gasteiger partial charge on any atom is -0.358 e. The largest absolute Gasteiger partial charge is 0.358 e. The summed E-state index contributed by atoms with van der Waals surface area (Å²) in [5.41, 5.74) is 0.818. The zero-order valence-electron chi connectivity index (χ0n) is 9.65. The summed E-state index contributed by atoms with van der Waals surface area (Å²) in [5.74, 6) is 0.589. The van der Waals surface area contributed by atoms with Gasteiger partial charge in [-0.2, -0.15) is 0 Å². The van der Waals surface area contributed by atoms with Crippen LogP contribution in [0, 0.1) is 0 Å². The second-order valence-electron chi connectivity index (χ2n) is 3.68. The molecule has 0 saturated carbocycles. The average Bonchev–Trinajstić information content (AvgIpc) is 2.80. The van der Waals surface area contributed by atoms with Crippen LogP contribution in [0.5, 0.6) is 0 Å². The predicted octanol–water partition coefficient (Wildman–Crippen LogP) is 2.60. The topological polar surface area (TPSA) is 46.9 Å². The van der Waals surface area contributed by atoms with E-state index in [2.05, 4.69) is 10.3 Å². The SMILES string of the molecule is CNC(=O)Cn1ccnc1-c1ccc(Cl)c(Cl)c1. The van der Waals surface area contributed by atoms with Crippen LogP contribution in [-0.4, -0.2) is 22.5 Å². The second kappa shape index (κ2) is 5.42. The molecule has 1 heterocycles. The lowest BCUT2D eigenvalue weighted by Gasteiger charge is -2.07. The molecule has 0 aliphatic heterocycles. The van der Waals surface area contributed by atoms with Crippen LogP contribution in [0.3, 0.4) is 0 Å². The molecule has 2 aromatic rings. The number of hydrogen-bond donors (Lipinski definition) is 1. The zero-order chi connectivity index (χ0) is 13.1. The molecule has 1 aromatic heterocycles. The summed E-state index contributed by atoms with van der Waals surface area (Å²) in [4.78, 5) is 15.6. The van der Waals surface area contributed by atoms with Crippen molar-refractivity contribution in [2.75, 3.05) is 7.05 Å². The Kier molecular flexibility index (Phi) is 3.89. The van der Waals surface area contributed by atoms with E-state index in [-0.39, 0.29) is 12.5 Å². The molecule has 1 N–H and O–H groups in total. The predicted molar refractivity (Wildman–Crippen MR) is 71.7 cm³/mol. The van der Waals surface area contributed by atoms with Gasteiger partial charge in [0.1, 0.15) is 12.4 Å². The summed E-state index contributed by atoms with van der Waals surface area (Å²) in [5, 5.41) is 3.52. The van der Waals surface area contributed by atoms with Crippen LogP contribution in [0.25, 0.3) is 11.4 Å². The lowest BCUT2D eigenvalue weighted by Crippen LogP contribution is -2.23. The van der Waals surface area contributed by atoms with E-state index < -0.39 is 0 Å². The van der Waals surface area contributed by atoms with E-state index in [4.69, 9.17) is 23.2 Å². The van der Waals surface area contributed by atoms with Gasteiger partial charge in [-0.1, -0.05) is 23.2 Å². The van der Waals surface area contributed by atoms with E-state index in [1.165, 1.54) is 0 Å². The number of carbonyl (C=O) groups excluding carboxylic acids is 1. The summed E-state index contributed by atoms with van der Waals surface area (Å²) in [6.45, 7) is 0.214. The van der Waals surface area contributed by atoms with Crippen molar-refractivity contribution in [1.29, 1.82) is 0 Å². The molecule has 0 fully saturated rings. The Hall–Kier alpha value is -1.52. The van der Waals surface area contributed by atoms with Crippen LogP contribution >= 0.6 is 23.2 Å². The van der Waals surface area contributed by atoms with Crippen molar-refractivity contribution in [3.05, 3.63) is 40.6 Å². The van der Waals surface area contributed by atoms with Gasteiger partial charge in [0, 0.05) is 25.0 Å². The van der Waals surface area contributed by atoms with Crippen molar-refractivity contribution >= 4 is 29.1 Å². The Bertz CT molecular complexity index is 580. The maximum atomic E-state index is 11.4. The molecule has 0 saturated heterocycles. The maximum Gasteiger partial charge on any atom is 0.239 e. The quantitative estimate of drug-likeness (QED) is 0.941. The summed E-state index contributed by atoms with van der Waals surface area (Å²) in [6, 6.07) is 5.25. The lowest BCUT2D eigenvalue weighted by molar-refractivity contribution is -0.121. The van der Waals surface area contributed by atoms with E-state index in [0.29, 0.717) is 15.9 Å². The van der Waals surface area contributed by atoms with E-state index in [9.17, 15) is 4.79 Å². The molecule has 0 aliphatic rings. The van der Waals surface area contributed by atoms with Crippen LogP contribution in [0.15, 0.2) is 30.6 Å². The van der Waals surface area contributed by atoms with Gasteiger partial charge in [0.15, 0.2) is 0 Å². The molecule has 0 radical (unpaired) electrons. The van der Waals surface area contributed by atoms with Crippen LogP contribution in [0.1, 0.15) is 0 Å². The van der Waals surface area contributed by atoms with Gasteiger partial charge in [-0.25, -0.2) is 4.98 Å². The summed E-state index contributed by atoms with van der Waals surface area (Å²) >= 11 is 11.8. The van der Waals surface area contributed by atoms with Gasteiger partial charge in [0.25, 0.3) is 0 Å². The summed E-state index contributed by atoms with van der Waals surface area (Å²) < 4.78 is 1.75. The van der Waals surface area contributed by atoms with Crippen molar-refractivity contribution in [2.24, 2.45) is 0 Å².